The van der Waals surface area contributed by atoms with Gasteiger partial charge in [-0.25, -0.2) is 0 Å². The third-order valence-corrected chi connectivity index (χ3v) is 4.12. The third-order valence-electron chi connectivity index (χ3n) is 3.65. The summed E-state index contributed by atoms with van der Waals surface area (Å²) in [6.07, 6.45) is 3.14. The Morgan fingerprint density at radius 3 is 2.87 bits per heavy atom. The van der Waals surface area contributed by atoms with Crippen molar-refractivity contribution in [3.05, 3.63) is 33.2 Å². The molecule has 1 amide bonds. The second kappa shape index (κ2) is 8.26. The fourth-order valence-electron chi connectivity index (χ4n) is 2.45. The van der Waals surface area contributed by atoms with Gasteiger partial charge in [0.25, 0.3) is 5.56 Å². The van der Waals surface area contributed by atoms with E-state index in [1.165, 1.54) is 15.5 Å². The molecule has 23 heavy (non-hydrogen) atoms. The standard InChI is InChI=1S/C15H19BrN2O5/c16-11-3-4-13(19)18(8-11)10-14(20)17(6-5-15(21)22)9-12-2-1-7-23-12/h3-4,8,12H,1-2,5-7,9-10H2,(H,21,22)/t12-/m0/s1. The summed E-state index contributed by atoms with van der Waals surface area (Å²) < 4.78 is 7.51. The van der Waals surface area contributed by atoms with E-state index in [9.17, 15) is 14.4 Å². The van der Waals surface area contributed by atoms with Gasteiger partial charge in [0.15, 0.2) is 0 Å². The number of hydrogen-bond acceptors (Lipinski definition) is 4. The van der Waals surface area contributed by atoms with Crippen molar-refractivity contribution in [3.8, 4) is 0 Å². The Bertz CT molecular complexity index is 625. The lowest BCUT2D eigenvalue weighted by atomic mass is 10.2. The zero-order valence-corrected chi connectivity index (χ0v) is 14.2. The van der Waals surface area contributed by atoms with Crippen LogP contribution in [0.5, 0.6) is 0 Å². The normalized spacial score (nSPS) is 17.2. The Kier molecular flexibility index (Phi) is 6.35. The lowest BCUT2D eigenvalue weighted by molar-refractivity contribution is -0.139. The molecule has 0 radical (unpaired) electrons. The fraction of sp³-hybridized carbons (Fsp3) is 0.533. The highest BCUT2D eigenvalue weighted by Gasteiger charge is 2.23. The van der Waals surface area contributed by atoms with Gasteiger partial charge in [-0.15, -0.1) is 0 Å². The van der Waals surface area contributed by atoms with E-state index in [1.54, 1.807) is 12.3 Å². The lowest BCUT2D eigenvalue weighted by Crippen LogP contribution is -2.41. The topological polar surface area (TPSA) is 88.8 Å². The monoisotopic (exact) mass is 386 g/mol. The number of carbonyl (C=O) groups excluding carboxylic acids is 1. The number of aromatic nitrogens is 1. The fourth-order valence-corrected chi connectivity index (χ4v) is 2.83. The van der Waals surface area contributed by atoms with Crippen LogP contribution in [0.2, 0.25) is 0 Å². The molecule has 1 aromatic rings. The molecule has 1 atom stereocenters. The zero-order valence-electron chi connectivity index (χ0n) is 12.6. The number of halogens is 1. The van der Waals surface area contributed by atoms with Crippen LogP contribution < -0.4 is 5.56 Å². The van der Waals surface area contributed by atoms with Crippen molar-refractivity contribution in [2.24, 2.45) is 0 Å². The summed E-state index contributed by atoms with van der Waals surface area (Å²) in [6, 6.07) is 2.98. The van der Waals surface area contributed by atoms with Crippen LogP contribution in [0.4, 0.5) is 0 Å². The third kappa shape index (κ3) is 5.47. The van der Waals surface area contributed by atoms with Crippen molar-refractivity contribution in [1.82, 2.24) is 9.47 Å². The number of aliphatic carboxylic acids is 1. The van der Waals surface area contributed by atoms with E-state index in [4.69, 9.17) is 9.84 Å². The minimum Gasteiger partial charge on any atom is -0.481 e. The van der Waals surface area contributed by atoms with E-state index >= 15 is 0 Å². The first-order valence-corrected chi connectivity index (χ1v) is 8.22. The van der Waals surface area contributed by atoms with Crippen LogP contribution in [0, 0.1) is 0 Å². The highest BCUT2D eigenvalue weighted by molar-refractivity contribution is 9.10. The minimum absolute atomic E-state index is 0.0630. The summed E-state index contributed by atoms with van der Waals surface area (Å²) in [5.74, 6) is -1.25. The van der Waals surface area contributed by atoms with Crippen LogP contribution in [0.1, 0.15) is 19.3 Å². The molecule has 0 spiro atoms. The van der Waals surface area contributed by atoms with Crippen LogP contribution in [0.25, 0.3) is 0 Å². The summed E-state index contributed by atoms with van der Waals surface area (Å²) in [4.78, 5) is 36.5. The second-order valence-electron chi connectivity index (χ2n) is 5.43. The SMILES string of the molecule is O=C(O)CCN(C[C@@H]1CCCO1)C(=O)Cn1cc(Br)ccc1=O. The summed E-state index contributed by atoms with van der Waals surface area (Å²) in [5.41, 5.74) is -0.281. The molecule has 0 bridgehead atoms. The van der Waals surface area contributed by atoms with E-state index in [0.717, 1.165) is 12.8 Å². The van der Waals surface area contributed by atoms with Gasteiger partial charge in [-0.1, -0.05) is 0 Å². The smallest absolute Gasteiger partial charge is 0.305 e. The molecule has 0 unspecified atom stereocenters. The summed E-state index contributed by atoms with van der Waals surface area (Å²) >= 11 is 3.26. The maximum Gasteiger partial charge on any atom is 0.305 e. The van der Waals surface area contributed by atoms with Gasteiger partial charge >= 0.3 is 5.97 Å². The maximum atomic E-state index is 12.5. The van der Waals surface area contributed by atoms with Crippen LogP contribution in [-0.2, 0) is 20.9 Å². The number of carbonyl (C=O) groups is 2. The van der Waals surface area contributed by atoms with E-state index < -0.39 is 5.97 Å². The van der Waals surface area contributed by atoms with Crippen molar-refractivity contribution in [1.29, 1.82) is 0 Å². The molecule has 2 rings (SSSR count). The van der Waals surface area contributed by atoms with Crippen molar-refractivity contribution < 1.29 is 19.4 Å². The number of carboxylic acid groups (broad SMARTS) is 1. The molecule has 126 valence electrons. The molecule has 2 heterocycles. The lowest BCUT2D eigenvalue weighted by Gasteiger charge is -2.25. The molecule has 1 fully saturated rings. The number of rotatable bonds is 7. The van der Waals surface area contributed by atoms with Crippen LogP contribution in [0.3, 0.4) is 0 Å². The molecular weight excluding hydrogens is 368 g/mol. The summed E-state index contributed by atoms with van der Waals surface area (Å²) in [6.45, 7) is 1.01. The minimum atomic E-state index is -0.963. The van der Waals surface area contributed by atoms with Gasteiger partial charge in [-0.3, -0.25) is 14.4 Å². The largest absolute Gasteiger partial charge is 0.481 e. The molecule has 7 nitrogen and oxygen atoms in total. The molecule has 1 N–H and O–H groups in total. The van der Waals surface area contributed by atoms with Gasteiger partial charge in [-0.2, -0.15) is 0 Å². The van der Waals surface area contributed by atoms with Crippen molar-refractivity contribution in [3.63, 3.8) is 0 Å². The molecular formula is C15H19BrN2O5. The number of carboxylic acids is 1. The molecule has 0 saturated carbocycles. The van der Waals surface area contributed by atoms with Crippen molar-refractivity contribution in [2.75, 3.05) is 19.7 Å². The quantitative estimate of drug-likeness (QED) is 0.757. The summed E-state index contributed by atoms with van der Waals surface area (Å²) in [7, 11) is 0. The maximum absolute atomic E-state index is 12.5. The number of ether oxygens (including phenoxy) is 1. The van der Waals surface area contributed by atoms with Crippen molar-refractivity contribution >= 4 is 27.8 Å². The number of hydrogen-bond donors (Lipinski definition) is 1. The molecule has 1 aliphatic heterocycles. The highest BCUT2D eigenvalue weighted by Crippen LogP contribution is 2.14. The van der Waals surface area contributed by atoms with Crippen LogP contribution in [0.15, 0.2) is 27.6 Å². The molecule has 1 aliphatic rings. The van der Waals surface area contributed by atoms with Crippen molar-refractivity contribution in [2.45, 2.75) is 31.9 Å². The Morgan fingerprint density at radius 1 is 1.43 bits per heavy atom. The number of nitrogens with zero attached hydrogens (tertiary/aromatic N) is 2. The first-order valence-electron chi connectivity index (χ1n) is 7.43. The van der Waals surface area contributed by atoms with Gasteiger partial charge < -0.3 is 19.3 Å². The van der Waals surface area contributed by atoms with E-state index in [0.29, 0.717) is 17.6 Å². The number of amides is 1. The molecule has 1 saturated heterocycles. The van der Waals surface area contributed by atoms with Crippen LogP contribution in [-0.4, -0.2) is 52.3 Å². The Labute approximate surface area is 142 Å². The van der Waals surface area contributed by atoms with Gasteiger partial charge in [0.05, 0.1) is 12.5 Å². The molecule has 8 heteroatoms. The van der Waals surface area contributed by atoms with E-state index in [-0.39, 0.29) is 37.1 Å². The predicted molar refractivity (Wildman–Crippen MR) is 86.2 cm³/mol. The molecule has 0 aliphatic carbocycles. The first-order chi connectivity index (χ1) is 11.0. The van der Waals surface area contributed by atoms with Crippen LogP contribution >= 0.6 is 15.9 Å². The van der Waals surface area contributed by atoms with E-state index in [2.05, 4.69) is 15.9 Å². The van der Waals surface area contributed by atoms with E-state index in [1.807, 2.05) is 0 Å². The number of pyridine rings is 1. The average Bonchev–Trinajstić information content (AvgIpc) is 3.00. The molecule has 0 aromatic carbocycles. The van der Waals surface area contributed by atoms with Gasteiger partial charge in [0, 0.05) is 36.4 Å². The van der Waals surface area contributed by atoms with Gasteiger partial charge in [-0.05, 0) is 34.8 Å². The first kappa shape index (κ1) is 17.7. The molecule has 1 aromatic heterocycles. The van der Waals surface area contributed by atoms with Gasteiger partial charge in [0.2, 0.25) is 5.91 Å². The average molecular weight is 387 g/mol. The Balaban J connectivity index is 2.06. The summed E-state index contributed by atoms with van der Waals surface area (Å²) in [5, 5.41) is 8.84. The van der Waals surface area contributed by atoms with Gasteiger partial charge in [0.1, 0.15) is 6.54 Å². The second-order valence-corrected chi connectivity index (χ2v) is 6.35. The Morgan fingerprint density at radius 2 is 2.22 bits per heavy atom. The highest BCUT2D eigenvalue weighted by atomic mass is 79.9. The zero-order chi connectivity index (χ0) is 16.8. The Hall–Kier alpha value is -1.67. The predicted octanol–water partition coefficient (Wildman–Crippen LogP) is 1.09.